The average Bonchev–Trinajstić information content (AvgIpc) is 2.02. The fourth-order valence-corrected chi connectivity index (χ4v) is 1.76. The van der Waals surface area contributed by atoms with Crippen molar-refractivity contribution in [1.29, 1.82) is 0 Å². The summed E-state index contributed by atoms with van der Waals surface area (Å²) in [6.07, 6.45) is 2.21. The lowest BCUT2D eigenvalue weighted by atomic mass is 9.74. The van der Waals surface area contributed by atoms with Gasteiger partial charge < -0.3 is 4.74 Å². The van der Waals surface area contributed by atoms with Crippen molar-refractivity contribution in [3.8, 4) is 0 Å². The van der Waals surface area contributed by atoms with Gasteiger partial charge in [-0.2, -0.15) is 0 Å². The predicted molar refractivity (Wildman–Crippen MR) is 38.6 cm³/mol. The second-order valence-corrected chi connectivity index (χ2v) is 3.22. The van der Waals surface area contributed by atoms with Gasteiger partial charge in [-0.25, -0.2) is 5.43 Å². The lowest BCUT2D eigenvalue weighted by molar-refractivity contribution is -0.148. The molecule has 1 saturated carbocycles. The van der Waals surface area contributed by atoms with Crippen LogP contribution in [-0.4, -0.2) is 25.2 Å². The monoisotopic (exact) mass is 156 g/mol. The van der Waals surface area contributed by atoms with E-state index in [1.54, 1.807) is 0 Å². The third-order valence-electron chi connectivity index (χ3n) is 2.54. The van der Waals surface area contributed by atoms with Gasteiger partial charge in [-0.3, -0.25) is 10.2 Å². The average molecular weight is 156 g/mol. The molecule has 0 aromatic carbocycles. The maximum Gasteiger partial charge on any atom is 0.324 e. The van der Waals surface area contributed by atoms with Gasteiger partial charge in [0.25, 0.3) is 0 Å². The van der Waals surface area contributed by atoms with Crippen molar-refractivity contribution in [2.45, 2.75) is 24.9 Å². The van der Waals surface area contributed by atoms with Gasteiger partial charge in [0.1, 0.15) is 6.04 Å². The van der Waals surface area contributed by atoms with Crippen molar-refractivity contribution in [3.05, 3.63) is 0 Å². The Bertz CT molecular complexity index is 175. The SMILES string of the molecule is COC(=O)[C@H]1NNC2CC1C2. The van der Waals surface area contributed by atoms with E-state index in [4.69, 9.17) is 0 Å². The van der Waals surface area contributed by atoms with E-state index in [2.05, 4.69) is 15.6 Å². The van der Waals surface area contributed by atoms with Crippen molar-refractivity contribution < 1.29 is 9.53 Å². The van der Waals surface area contributed by atoms with Crippen molar-refractivity contribution in [3.63, 3.8) is 0 Å². The van der Waals surface area contributed by atoms with Gasteiger partial charge in [0.05, 0.1) is 7.11 Å². The van der Waals surface area contributed by atoms with Crippen LogP contribution in [0.1, 0.15) is 12.8 Å². The molecular weight excluding hydrogens is 144 g/mol. The van der Waals surface area contributed by atoms with Crippen LogP contribution in [0.15, 0.2) is 0 Å². The van der Waals surface area contributed by atoms with Gasteiger partial charge in [0.15, 0.2) is 0 Å². The number of hydrazine groups is 1. The molecule has 2 saturated heterocycles. The molecule has 0 amide bonds. The Balaban J connectivity index is 1.97. The van der Waals surface area contributed by atoms with Gasteiger partial charge >= 0.3 is 5.97 Å². The van der Waals surface area contributed by atoms with Crippen molar-refractivity contribution in [2.24, 2.45) is 5.92 Å². The van der Waals surface area contributed by atoms with E-state index >= 15 is 0 Å². The molecule has 3 rings (SSSR count). The van der Waals surface area contributed by atoms with E-state index < -0.39 is 0 Å². The summed E-state index contributed by atoms with van der Waals surface area (Å²) in [5.41, 5.74) is 6.01. The molecule has 0 radical (unpaired) electrons. The largest absolute Gasteiger partial charge is 0.468 e. The highest BCUT2D eigenvalue weighted by molar-refractivity contribution is 5.76. The molecule has 4 heteroatoms. The Kier molecular flexibility index (Phi) is 1.58. The van der Waals surface area contributed by atoms with E-state index in [0.29, 0.717) is 12.0 Å². The van der Waals surface area contributed by atoms with Crippen LogP contribution in [-0.2, 0) is 9.53 Å². The van der Waals surface area contributed by atoms with Crippen LogP contribution in [0.25, 0.3) is 0 Å². The number of ether oxygens (including phenoxy) is 1. The third-order valence-corrected chi connectivity index (χ3v) is 2.54. The van der Waals surface area contributed by atoms with Crippen LogP contribution < -0.4 is 10.9 Å². The predicted octanol–water partition coefficient (Wildman–Crippen LogP) is -0.586. The van der Waals surface area contributed by atoms with Crippen LogP contribution in [0.5, 0.6) is 0 Å². The molecule has 3 fully saturated rings. The first-order valence-corrected chi connectivity index (χ1v) is 3.90. The summed E-state index contributed by atoms with van der Waals surface area (Å²) in [6.45, 7) is 0. The first-order valence-electron chi connectivity index (χ1n) is 3.90. The molecular formula is C7H12N2O2. The Morgan fingerprint density at radius 3 is 2.64 bits per heavy atom. The summed E-state index contributed by atoms with van der Waals surface area (Å²) in [6, 6.07) is 0.464. The smallest absolute Gasteiger partial charge is 0.324 e. The number of fused-ring (bicyclic) bond motifs is 2. The number of rotatable bonds is 1. The van der Waals surface area contributed by atoms with Crippen LogP contribution in [0, 0.1) is 5.92 Å². The number of nitrogens with one attached hydrogen (secondary N) is 2. The molecule has 0 aromatic rings. The summed E-state index contributed by atoms with van der Waals surface area (Å²) in [5.74, 6) is 0.342. The zero-order valence-corrected chi connectivity index (χ0v) is 6.46. The first-order chi connectivity index (χ1) is 5.31. The number of hydrogen-bond acceptors (Lipinski definition) is 4. The van der Waals surface area contributed by atoms with Crippen LogP contribution in [0.2, 0.25) is 0 Å². The van der Waals surface area contributed by atoms with E-state index in [9.17, 15) is 4.79 Å². The zero-order chi connectivity index (χ0) is 7.84. The van der Waals surface area contributed by atoms with Gasteiger partial charge in [-0.05, 0) is 18.8 Å². The highest BCUT2D eigenvalue weighted by Crippen LogP contribution is 2.33. The van der Waals surface area contributed by atoms with Crippen molar-refractivity contribution in [2.75, 3.05) is 7.11 Å². The second kappa shape index (κ2) is 2.46. The van der Waals surface area contributed by atoms with Crippen molar-refractivity contribution >= 4 is 5.97 Å². The first kappa shape index (κ1) is 7.06. The highest BCUT2D eigenvalue weighted by atomic mass is 16.5. The molecule has 0 unspecified atom stereocenters. The molecule has 1 aliphatic carbocycles. The third kappa shape index (κ3) is 1.02. The molecule has 2 bridgehead atoms. The minimum absolute atomic E-state index is 0.120. The quantitative estimate of drug-likeness (QED) is 0.498. The number of methoxy groups -OCH3 is 1. The normalized spacial score (nSPS) is 41.0. The molecule has 0 spiro atoms. The standard InChI is InChI=1S/C7H12N2O2/c1-11-7(10)6-4-2-5(3-4)8-9-6/h4-6,8-9H,2-3H2,1H3/t4?,5?,6-/m0/s1. The fraction of sp³-hybridized carbons (Fsp3) is 0.857. The van der Waals surface area contributed by atoms with E-state index in [-0.39, 0.29) is 12.0 Å². The summed E-state index contributed by atoms with van der Waals surface area (Å²) < 4.78 is 4.64. The summed E-state index contributed by atoms with van der Waals surface area (Å²) in [7, 11) is 1.43. The van der Waals surface area contributed by atoms with Crippen molar-refractivity contribution in [1.82, 2.24) is 10.9 Å². The van der Waals surface area contributed by atoms with Gasteiger partial charge in [-0.1, -0.05) is 0 Å². The lowest BCUT2D eigenvalue weighted by Crippen LogP contribution is -2.66. The molecule has 62 valence electrons. The number of hydrogen-bond donors (Lipinski definition) is 2. The Morgan fingerprint density at radius 2 is 2.18 bits per heavy atom. The molecule has 1 atom stereocenters. The molecule has 4 nitrogen and oxygen atoms in total. The topological polar surface area (TPSA) is 50.4 Å². The minimum atomic E-state index is -0.152. The maximum atomic E-state index is 11.1. The second-order valence-electron chi connectivity index (χ2n) is 3.22. The Hall–Kier alpha value is -0.610. The van der Waals surface area contributed by atoms with Crippen LogP contribution in [0.3, 0.4) is 0 Å². The van der Waals surface area contributed by atoms with Gasteiger partial charge in [0.2, 0.25) is 0 Å². The zero-order valence-electron chi connectivity index (χ0n) is 6.46. The maximum absolute atomic E-state index is 11.1. The number of carbonyl (C=O) groups excluding carboxylic acids is 1. The molecule has 2 N–H and O–H groups in total. The van der Waals surface area contributed by atoms with Crippen LogP contribution >= 0.6 is 0 Å². The molecule has 11 heavy (non-hydrogen) atoms. The fourth-order valence-electron chi connectivity index (χ4n) is 1.76. The minimum Gasteiger partial charge on any atom is -0.468 e. The summed E-state index contributed by atoms with van der Waals surface area (Å²) in [5, 5.41) is 0. The van der Waals surface area contributed by atoms with Gasteiger partial charge in [0, 0.05) is 6.04 Å². The molecule has 2 heterocycles. The molecule has 0 aromatic heterocycles. The molecule has 3 aliphatic rings. The Morgan fingerprint density at radius 1 is 1.45 bits per heavy atom. The summed E-state index contributed by atoms with van der Waals surface area (Å²) >= 11 is 0. The summed E-state index contributed by atoms with van der Waals surface area (Å²) in [4.78, 5) is 11.1. The Labute approximate surface area is 65.3 Å². The number of carbonyl (C=O) groups is 1. The highest BCUT2D eigenvalue weighted by Gasteiger charge is 2.43. The van der Waals surface area contributed by atoms with E-state index in [1.165, 1.54) is 7.11 Å². The number of esters is 1. The lowest BCUT2D eigenvalue weighted by Gasteiger charge is -2.46. The van der Waals surface area contributed by atoms with Gasteiger partial charge in [-0.15, -0.1) is 0 Å². The van der Waals surface area contributed by atoms with E-state index in [1.807, 2.05) is 0 Å². The van der Waals surface area contributed by atoms with Crippen LogP contribution in [0.4, 0.5) is 0 Å². The van der Waals surface area contributed by atoms with E-state index in [0.717, 1.165) is 12.8 Å². The molecule has 2 aliphatic heterocycles.